The van der Waals surface area contributed by atoms with E-state index < -0.39 is 0 Å². The fraction of sp³-hybridized carbons (Fsp3) is 0.103. The van der Waals surface area contributed by atoms with Gasteiger partial charge in [0.25, 0.3) is 5.91 Å². The van der Waals surface area contributed by atoms with Crippen molar-refractivity contribution in [2.24, 2.45) is 0 Å². The van der Waals surface area contributed by atoms with Gasteiger partial charge in [-0.15, -0.1) is 0 Å². The summed E-state index contributed by atoms with van der Waals surface area (Å²) in [6, 6.07) is 34.7. The molecule has 4 aromatic carbocycles. The predicted octanol–water partition coefficient (Wildman–Crippen LogP) is 6.41. The Morgan fingerprint density at radius 1 is 0.636 bits per heavy atom. The third-order valence-corrected chi connectivity index (χ3v) is 5.69. The maximum Gasteiger partial charge on any atom is 0.255 e. The molecule has 4 rings (SSSR count). The first-order valence-corrected chi connectivity index (χ1v) is 11.0. The van der Waals surface area contributed by atoms with Crippen molar-refractivity contribution in [1.82, 2.24) is 0 Å². The van der Waals surface area contributed by atoms with Crippen LogP contribution in [0.2, 0.25) is 0 Å². The molecule has 4 heteroatoms. The molecule has 0 aliphatic rings. The number of carbonyl (C=O) groups excluding carboxylic acids is 2. The van der Waals surface area contributed by atoms with Crippen LogP contribution in [0.3, 0.4) is 0 Å². The molecule has 0 atom stereocenters. The van der Waals surface area contributed by atoms with Gasteiger partial charge in [-0.25, -0.2) is 0 Å². The van der Waals surface area contributed by atoms with Crippen LogP contribution in [0, 0.1) is 6.92 Å². The minimum absolute atomic E-state index is 0.0475. The molecule has 0 aliphatic carbocycles. The summed E-state index contributed by atoms with van der Waals surface area (Å²) in [7, 11) is 0. The monoisotopic (exact) mass is 434 g/mol. The molecule has 0 spiro atoms. The zero-order valence-electron chi connectivity index (χ0n) is 18.5. The molecule has 0 bridgehead atoms. The summed E-state index contributed by atoms with van der Waals surface area (Å²) in [6.07, 6.45) is 0.314. The van der Waals surface area contributed by atoms with E-state index in [-0.39, 0.29) is 17.7 Å². The number of amides is 2. The van der Waals surface area contributed by atoms with Gasteiger partial charge in [0, 0.05) is 29.3 Å². The topological polar surface area (TPSA) is 58.2 Å². The van der Waals surface area contributed by atoms with Gasteiger partial charge in [-0.05, 0) is 47.9 Å². The zero-order valence-corrected chi connectivity index (χ0v) is 18.5. The summed E-state index contributed by atoms with van der Waals surface area (Å²) < 4.78 is 0. The van der Waals surface area contributed by atoms with Crippen LogP contribution in [0.5, 0.6) is 0 Å². The van der Waals surface area contributed by atoms with Crippen molar-refractivity contribution in [2.75, 3.05) is 10.6 Å². The smallest absolute Gasteiger partial charge is 0.255 e. The molecule has 2 N–H and O–H groups in total. The van der Waals surface area contributed by atoms with Gasteiger partial charge in [-0.2, -0.15) is 0 Å². The molecule has 0 aliphatic heterocycles. The second kappa shape index (κ2) is 10.4. The molecule has 0 heterocycles. The van der Waals surface area contributed by atoms with Crippen LogP contribution in [0.15, 0.2) is 109 Å². The lowest BCUT2D eigenvalue weighted by Gasteiger charge is -2.19. The van der Waals surface area contributed by atoms with Gasteiger partial charge < -0.3 is 10.6 Å². The molecule has 4 nitrogen and oxygen atoms in total. The second-order valence-electron chi connectivity index (χ2n) is 7.92. The maximum atomic E-state index is 13.1. The van der Waals surface area contributed by atoms with Gasteiger partial charge in [0.15, 0.2) is 0 Å². The van der Waals surface area contributed by atoms with Crippen molar-refractivity contribution < 1.29 is 9.59 Å². The van der Waals surface area contributed by atoms with E-state index in [9.17, 15) is 9.59 Å². The molecule has 2 amide bonds. The standard InChI is InChI=1S/C29H26N2O2/c1-21-26(18-11-19-27(21)31-29(33)24-16-9-4-10-17-24)30-28(32)20-25(22-12-5-2-6-13-22)23-14-7-3-8-15-23/h2-19,25H,20H2,1H3,(H,30,32)(H,31,33). The third-order valence-electron chi connectivity index (χ3n) is 5.69. The SMILES string of the molecule is Cc1c(NC(=O)CC(c2ccccc2)c2ccccc2)cccc1NC(=O)c1ccccc1. The molecular formula is C29H26N2O2. The van der Waals surface area contributed by atoms with Gasteiger partial charge in [0.1, 0.15) is 0 Å². The Hall–Kier alpha value is -4.18. The number of hydrogen-bond acceptors (Lipinski definition) is 2. The molecule has 164 valence electrons. The highest BCUT2D eigenvalue weighted by Gasteiger charge is 2.19. The van der Waals surface area contributed by atoms with E-state index in [0.717, 1.165) is 16.7 Å². The van der Waals surface area contributed by atoms with Gasteiger partial charge in [-0.1, -0.05) is 84.9 Å². The van der Waals surface area contributed by atoms with E-state index in [2.05, 4.69) is 34.9 Å². The van der Waals surface area contributed by atoms with Gasteiger partial charge in [0.05, 0.1) is 0 Å². The molecule has 4 aromatic rings. The molecular weight excluding hydrogens is 408 g/mol. The zero-order chi connectivity index (χ0) is 23.0. The largest absolute Gasteiger partial charge is 0.326 e. The summed E-state index contributed by atoms with van der Waals surface area (Å²) in [5.74, 6) is -0.314. The van der Waals surface area contributed by atoms with E-state index in [1.165, 1.54) is 0 Å². The van der Waals surface area contributed by atoms with E-state index in [0.29, 0.717) is 23.4 Å². The Kier molecular flexibility index (Phi) is 6.96. The van der Waals surface area contributed by atoms with Crippen molar-refractivity contribution in [2.45, 2.75) is 19.3 Å². The minimum Gasteiger partial charge on any atom is -0.326 e. The molecule has 0 aromatic heterocycles. The van der Waals surface area contributed by atoms with E-state index in [4.69, 9.17) is 0 Å². The van der Waals surface area contributed by atoms with Gasteiger partial charge in [0.2, 0.25) is 5.91 Å². The van der Waals surface area contributed by atoms with E-state index in [1.807, 2.05) is 79.7 Å². The number of anilines is 2. The number of nitrogens with one attached hydrogen (secondary N) is 2. The first kappa shape index (κ1) is 22.0. The van der Waals surface area contributed by atoms with E-state index >= 15 is 0 Å². The van der Waals surface area contributed by atoms with Crippen LogP contribution >= 0.6 is 0 Å². The van der Waals surface area contributed by atoms with Crippen molar-refractivity contribution in [1.29, 1.82) is 0 Å². The number of hydrogen-bond donors (Lipinski definition) is 2. The summed E-state index contributed by atoms with van der Waals surface area (Å²) in [5, 5.41) is 5.99. The van der Waals surface area contributed by atoms with Crippen LogP contribution in [0.25, 0.3) is 0 Å². The number of carbonyl (C=O) groups is 2. The Morgan fingerprint density at radius 3 is 1.67 bits per heavy atom. The van der Waals surface area contributed by atoms with Crippen LogP contribution in [-0.4, -0.2) is 11.8 Å². The summed E-state index contributed by atoms with van der Waals surface area (Å²) in [6.45, 7) is 1.89. The lowest BCUT2D eigenvalue weighted by atomic mass is 9.88. The van der Waals surface area contributed by atoms with Crippen LogP contribution in [-0.2, 0) is 4.79 Å². The van der Waals surface area contributed by atoms with Crippen molar-refractivity contribution in [3.05, 3.63) is 131 Å². The third kappa shape index (κ3) is 5.55. The lowest BCUT2D eigenvalue weighted by Crippen LogP contribution is -2.18. The van der Waals surface area contributed by atoms with E-state index in [1.54, 1.807) is 12.1 Å². The van der Waals surface area contributed by atoms with Crippen molar-refractivity contribution in [3.8, 4) is 0 Å². The Labute approximate surface area is 194 Å². The molecule has 0 unspecified atom stereocenters. The highest BCUT2D eigenvalue weighted by atomic mass is 16.2. The van der Waals surface area contributed by atoms with Crippen molar-refractivity contribution >= 4 is 23.2 Å². The fourth-order valence-electron chi connectivity index (χ4n) is 3.88. The fourth-order valence-corrected chi connectivity index (χ4v) is 3.88. The van der Waals surface area contributed by atoms with Crippen molar-refractivity contribution in [3.63, 3.8) is 0 Å². The minimum atomic E-state index is -0.185. The van der Waals surface area contributed by atoms with Gasteiger partial charge >= 0.3 is 0 Å². The van der Waals surface area contributed by atoms with Gasteiger partial charge in [-0.3, -0.25) is 9.59 Å². The lowest BCUT2D eigenvalue weighted by molar-refractivity contribution is -0.116. The molecule has 0 fully saturated rings. The molecule has 33 heavy (non-hydrogen) atoms. The molecule has 0 saturated heterocycles. The summed E-state index contributed by atoms with van der Waals surface area (Å²) in [4.78, 5) is 25.6. The van der Waals surface area contributed by atoms with Crippen LogP contribution in [0.1, 0.15) is 39.4 Å². The Bertz CT molecular complexity index is 1180. The maximum absolute atomic E-state index is 13.1. The molecule has 0 radical (unpaired) electrons. The summed E-state index contributed by atoms with van der Waals surface area (Å²) >= 11 is 0. The number of benzene rings is 4. The highest BCUT2D eigenvalue weighted by Crippen LogP contribution is 2.29. The predicted molar refractivity (Wildman–Crippen MR) is 134 cm³/mol. The Balaban J connectivity index is 1.51. The molecule has 0 saturated carbocycles. The van der Waals surface area contributed by atoms with Crippen LogP contribution in [0.4, 0.5) is 11.4 Å². The first-order chi connectivity index (χ1) is 16.1. The normalized spacial score (nSPS) is 10.6. The first-order valence-electron chi connectivity index (χ1n) is 11.0. The summed E-state index contributed by atoms with van der Waals surface area (Å²) in [5.41, 5.74) is 4.94. The number of rotatable bonds is 7. The average molecular weight is 435 g/mol. The quantitative estimate of drug-likeness (QED) is 0.353. The highest BCUT2D eigenvalue weighted by molar-refractivity contribution is 6.05. The second-order valence-corrected chi connectivity index (χ2v) is 7.92. The van der Waals surface area contributed by atoms with Crippen LogP contribution < -0.4 is 10.6 Å². The average Bonchev–Trinajstić information content (AvgIpc) is 2.86. The Morgan fingerprint density at radius 2 is 1.12 bits per heavy atom.